The first-order chi connectivity index (χ1) is 29.3. The molecule has 60 heavy (non-hydrogen) atoms. The summed E-state index contributed by atoms with van der Waals surface area (Å²) >= 11 is 0. The Bertz CT molecular complexity index is 1930. The Morgan fingerprint density at radius 2 is 0.283 bits per heavy atom. The Balaban J connectivity index is 0.000000237. The van der Waals surface area contributed by atoms with Crippen LogP contribution in [0.2, 0.25) is 0 Å². The zero-order valence-corrected chi connectivity index (χ0v) is 37.5. The SMILES string of the molecule is [C-]#[O+].[H-].[H-].[Ru+2].c1ccc(P(c2ccccc2)c2ccccc2)cc1.c1ccc(P(c2ccccc2)c2ccccc2)cc1.c1ccc(P(c2ccccc2)c2ccccc2)cc1. The maximum absolute atomic E-state index is 7.50. The van der Waals surface area contributed by atoms with Crippen LogP contribution < -0.4 is 47.7 Å². The topological polar surface area (TPSA) is 19.9 Å². The third-order valence-electron chi connectivity index (χ3n) is 9.13. The first-order valence-electron chi connectivity index (χ1n) is 19.4. The van der Waals surface area contributed by atoms with Gasteiger partial charge in [-0.3, -0.25) is 0 Å². The maximum Gasteiger partial charge on any atom is 2.00 e. The second-order valence-corrected chi connectivity index (χ2v) is 19.7. The van der Waals surface area contributed by atoms with E-state index in [1.54, 1.807) is 0 Å². The molecule has 0 fully saturated rings. The fourth-order valence-electron chi connectivity index (χ4n) is 6.54. The number of rotatable bonds is 9. The molecule has 296 valence electrons. The molecule has 0 radical (unpaired) electrons. The van der Waals surface area contributed by atoms with Crippen molar-refractivity contribution in [2.75, 3.05) is 0 Å². The minimum absolute atomic E-state index is 0. The van der Waals surface area contributed by atoms with Crippen molar-refractivity contribution in [2.24, 2.45) is 0 Å². The predicted molar refractivity (Wildman–Crippen MR) is 262 cm³/mol. The van der Waals surface area contributed by atoms with E-state index in [1.165, 1.54) is 47.7 Å². The van der Waals surface area contributed by atoms with Gasteiger partial charge in [-0.2, -0.15) is 0 Å². The van der Waals surface area contributed by atoms with E-state index in [0.29, 0.717) is 0 Å². The molecule has 9 aromatic carbocycles. The summed E-state index contributed by atoms with van der Waals surface area (Å²) in [7, 11) is -1.34. The zero-order chi connectivity index (χ0) is 40.7. The molecule has 0 amide bonds. The molecule has 0 aliphatic carbocycles. The van der Waals surface area contributed by atoms with Crippen LogP contribution in [0.4, 0.5) is 0 Å². The Kier molecular flexibility index (Phi) is 19.8. The van der Waals surface area contributed by atoms with Crippen molar-refractivity contribution >= 4 is 71.5 Å². The van der Waals surface area contributed by atoms with E-state index in [2.05, 4.69) is 280 Å². The minimum Gasteiger partial charge on any atom is -1.00 e. The summed E-state index contributed by atoms with van der Waals surface area (Å²) in [4.78, 5) is 0. The van der Waals surface area contributed by atoms with Crippen molar-refractivity contribution in [2.45, 2.75) is 0 Å². The van der Waals surface area contributed by atoms with Crippen LogP contribution in [0.5, 0.6) is 0 Å². The molecular formula is C55H47OP3Ru. The molecule has 0 unspecified atom stereocenters. The fourth-order valence-corrected chi connectivity index (χ4v) is 13.5. The molecule has 1 nitrogen and oxygen atoms in total. The molecule has 9 aromatic rings. The first-order valence-corrected chi connectivity index (χ1v) is 23.4. The molecule has 5 heteroatoms. The van der Waals surface area contributed by atoms with Gasteiger partial charge in [0.15, 0.2) is 0 Å². The van der Waals surface area contributed by atoms with Crippen molar-refractivity contribution in [1.82, 2.24) is 0 Å². The van der Waals surface area contributed by atoms with Crippen LogP contribution in [0.25, 0.3) is 0 Å². The van der Waals surface area contributed by atoms with Gasteiger partial charge in [-0.25, -0.2) is 0 Å². The van der Waals surface area contributed by atoms with Crippen LogP contribution in [0.15, 0.2) is 273 Å². The van der Waals surface area contributed by atoms with Crippen LogP contribution in [-0.4, -0.2) is 0 Å². The Morgan fingerprint density at radius 3 is 0.367 bits per heavy atom. The molecular weight excluding hydrogens is 871 g/mol. The maximum atomic E-state index is 7.50. The third kappa shape index (κ3) is 13.3. The van der Waals surface area contributed by atoms with Crippen molar-refractivity contribution in [3.63, 3.8) is 0 Å². The van der Waals surface area contributed by atoms with Gasteiger partial charge in [-0.1, -0.05) is 273 Å². The molecule has 0 saturated carbocycles. The molecule has 0 spiro atoms. The fraction of sp³-hybridized carbons (Fsp3) is 0. The van der Waals surface area contributed by atoms with Gasteiger partial charge < -0.3 is 2.85 Å². The predicted octanol–water partition coefficient (Wildman–Crippen LogP) is 10.5. The molecule has 0 aromatic heterocycles. The van der Waals surface area contributed by atoms with Gasteiger partial charge in [-0.15, -0.1) is 0 Å². The number of benzene rings is 9. The molecule has 0 bridgehead atoms. The van der Waals surface area contributed by atoms with Gasteiger partial charge in [0, 0.05) is 0 Å². The van der Waals surface area contributed by atoms with E-state index in [4.69, 9.17) is 4.65 Å². The third-order valence-corrected chi connectivity index (χ3v) is 16.5. The summed E-state index contributed by atoms with van der Waals surface area (Å²) in [6.45, 7) is 4.50. The zero-order valence-electron chi connectivity index (χ0n) is 35.1. The standard InChI is InChI=1S/3C18H15P.CO.Ru.2H/c3*1-4-10-16(11-5-1)19(17-12-6-2-7-13-17)18-14-8-3-9-15-18;1-2;;;/h3*1-15H;;;;/q;;;;+2;2*-1. The van der Waals surface area contributed by atoms with E-state index < -0.39 is 23.8 Å². The average Bonchev–Trinajstić information content (AvgIpc) is 3.34. The summed E-state index contributed by atoms with van der Waals surface area (Å²) in [5.74, 6) is 0. The van der Waals surface area contributed by atoms with Crippen LogP contribution in [0.1, 0.15) is 2.85 Å². The van der Waals surface area contributed by atoms with E-state index >= 15 is 0 Å². The quantitative estimate of drug-likeness (QED) is 0.0595. The van der Waals surface area contributed by atoms with Gasteiger partial charge >= 0.3 is 30.8 Å². The Morgan fingerprint density at radius 1 is 0.200 bits per heavy atom. The van der Waals surface area contributed by atoms with Crippen LogP contribution in [0.3, 0.4) is 0 Å². The second-order valence-electron chi connectivity index (χ2n) is 13.0. The van der Waals surface area contributed by atoms with Gasteiger partial charge in [0.2, 0.25) is 0 Å². The van der Waals surface area contributed by atoms with E-state index in [9.17, 15) is 0 Å². The Labute approximate surface area is 376 Å². The van der Waals surface area contributed by atoms with Crippen LogP contribution >= 0.6 is 23.8 Å². The average molecular weight is 918 g/mol. The van der Waals surface area contributed by atoms with E-state index in [0.717, 1.165) is 0 Å². The normalized spacial score (nSPS) is 10.1. The van der Waals surface area contributed by atoms with Gasteiger partial charge in [-0.05, 0) is 71.5 Å². The number of hydrogen-bond donors (Lipinski definition) is 0. The van der Waals surface area contributed by atoms with E-state index in [-0.39, 0.29) is 22.3 Å². The van der Waals surface area contributed by atoms with Crippen molar-refractivity contribution < 1.29 is 27.0 Å². The summed E-state index contributed by atoms with van der Waals surface area (Å²) in [5, 5.41) is 12.6. The smallest absolute Gasteiger partial charge is 1.00 e. The largest absolute Gasteiger partial charge is 2.00 e. The molecule has 9 rings (SSSR count). The Hall–Kier alpha value is -5.37. The minimum atomic E-state index is -0.446. The molecule has 0 heterocycles. The summed E-state index contributed by atoms with van der Waals surface area (Å²) in [5.41, 5.74) is 0. The summed E-state index contributed by atoms with van der Waals surface area (Å²) in [6, 6.07) is 97.0. The molecule has 0 aliphatic rings. The first kappa shape index (κ1) is 45.7. The van der Waals surface area contributed by atoms with Crippen molar-refractivity contribution in [3.8, 4) is 0 Å². The molecule has 0 atom stereocenters. The molecule has 0 N–H and O–H groups in total. The number of hydrogen-bond acceptors (Lipinski definition) is 0. The van der Waals surface area contributed by atoms with Crippen molar-refractivity contribution in [3.05, 3.63) is 280 Å². The summed E-state index contributed by atoms with van der Waals surface area (Å²) < 4.78 is 7.50. The van der Waals surface area contributed by atoms with Gasteiger partial charge in [0.1, 0.15) is 0 Å². The van der Waals surface area contributed by atoms with Crippen LogP contribution in [-0.2, 0) is 24.1 Å². The summed E-state index contributed by atoms with van der Waals surface area (Å²) in [6.07, 6.45) is 0. The van der Waals surface area contributed by atoms with Crippen molar-refractivity contribution in [1.29, 1.82) is 0 Å². The van der Waals surface area contributed by atoms with Crippen LogP contribution in [0, 0.1) is 6.65 Å². The van der Waals surface area contributed by atoms with Gasteiger partial charge in [0.05, 0.1) is 0 Å². The molecule has 0 aliphatic heterocycles. The van der Waals surface area contributed by atoms with E-state index in [1.807, 2.05) is 0 Å². The van der Waals surface area contributed by atoms with Gasteiger partial charge in [0.25, 0.3) is 0 Å². The monoisotopic (exact) mass is 918 g/mol. The second kappa shape index (κ2) is 26.0. The molecule has 0 saturated heterocycles.